The molecule has 3 rings (SSSR count). The molecule has 0 radical (unpaired) electrons. The summed E-state index contributed by atoms with van der Waals surface area (Å²) < 4.78 is 14.9. The first-order chi connectivity index (χ1) is 10.6. The molecule has 2 aromatic heterocycles. The summed E-state index contributed by atoms with van der Waals surface area (Å²) in [5, 5.41) is 13.3. The van der Waals surface area contributed by atoms with Crippen molar-refractivity contribution in [2.75, 3.05) is 6.54 Å². The number of fused-ring (bicyclic) bond motifs is 1. The first-order valence-corrected chi connectivity index (χ1v) is 7.20. The fourth-order valence-electron chi connectivity index (χ4n) is 2.41. The van der Waals surface area contributed by atoms with Gasteiger partial charge in [-0.15, -0.1) is 0 Å². The summed E-state index contributed by atoms with van der Waals surface area (Å²) in [5.74, 6) is -0.301. The molecular weight excluding hydrogens is 281 g/mol. The lowest BCUT2D eigenvalue weighted by Crippen LogP contribution is -2.21. The Morgan fingerprint density at radius 2 is 2.05 bits per heavy atom. The van der Waals surface area contributed by atoms with Crippen molar-refractivity contribution in [1.29, 1.82) is 0 Å². The van der Waals surface area contributed by atoms with Crippen LogP contribution in [0.2, 0.25) is 0 Å². The van der Waals surface area contributed by atoms with Gasteiger partial charge in [0.1, 0.15) is 11.5 Å². The number of benzene rings is 1. The van der Waals surface area contributed by atoms with E-state index in [1.54, 1.807) is 12.1 Å². The lowest BCUT2D eigenvalue weighted by molar-refractivity contribution is 0.174. The fourth-order valence-corrected chi connectivity index (χ4v) is 2.41. The van der Waals surface area contributed by atoms with Crippen molar-refractivity contribution in [3.05, 3.63) is 71.4 Å². The number of hydrogen-bond donors (Lipinski definition) is 2. The van der Waals surface area contributed by atoms with Crippen LogP contribution < -0.4 is 5.32 Å². The molecule has 0 spiro atoms. The second kappa shape index (κ2) is 6.25. The number of nitrogens with one attached hydrogen (secondary N) is 1. The monoisotopic (exact) mass is 299 g/mol. The predicted octanol–water partition coefficient (Wildman–Crippen LogP) is 2.61. The third-order valence-corrected chi connectivity index (χ3v) is 3.64. The molecule has 0 amide bonds. The quantitative estimate of drug-likeness (QED) is 0.761. The number of halogens is 1. The number of aliphatic hydroxyl groups excluding tert-OH is 1. The predicted molar refractivity (Wildman–Crippen MR) is 83.0 cm³/mol. The van der Waals surface area contributed by atoms with Crippen LogP contribution in [0, 0.1) is 12.7 Å². The molecule has 0 bridgehead atoms. The maximum absolute atomic E-state index is 12.9. The highest BCUT2D eigenvalue weighted by atomic mass is 19.1. The van der Waals surface area contributed by atoms with Gasteiger partial charge >= 0.3 is 0 Å². The molecule has 1 atom stereocenters. The molecule has 2 N–H and O–H groups in total. The van der Waals surface area contributed by atoms with Gasteiger partial charge in [0.05, 0.1) is 18.0 Å². The molecule has 0 aliphatic heterocycles. The van der Waals surface area contributed by atoms with Crippen molar-refractivity contribution < 1.29 is 9.50 Å². The second-order valence-electron chi connectivity index (χ2n) is 5.38. The van der Waals surface area contributed by atoms with Gasteiger partial charge in [-0.1, -0.05) is 12.1 Å². The van der Waals surface area contributed by atoms with E-state index in [0.29, 0.717) is 18.7 Å². The van der Waals surface area contributed by atoms with Crippen LogP contribution in [0.3, 0.4) is 0 Å². The van der Waals surface area contributed by atoms with Gasteiger partial charge < -0.3 is 14.8 Å². The number of aryl methyl sites for hydroxylation is 1. The minimum absolute atomic E-state index is 0.301. The lowest BCUT2D eigenvalue weighted by Gasteiger charge is -2.12. The average molecular weight is 299 g/mol. The van der Waals surface area contributed by atoms with Crippen molar-refractivity contribution in [2.45, 2.75) is 19.6 Å². The zero-order valence-electron chi connectivity index (χ0n) is 12.3. The first-order valence-electron chi connectivity index (χ1n) is 7.20. The van der Waals surface area contributed by atoms with Gasteiger partial charge in [0, 0.05) is 19.3 Å². The van der Waals surface area contributed by atoms with Gasteiger partial charge in [0.15, 0.2) is 0 Å². The highest BCUT2D eigenvalue weighted by Gasteiger charge is 2.08. The number of hydrogen-bond acceptors (Lipinski definition) is 3. The van der Waals surface area contributed by atoms with Gasteiger partial charge in [-0.2, -0.15) is 0 Å². The van der Waals surface area contributed by atoms with E-state index in [2.05, 4.69) is 10.3 Å². The summed E-state index contributed by atoms with van der Waals surface area (Å²) in [5.41, 5.74) is 3.81. The Balaban J connectivity index is 1.61. The molecule has 0 aliphatic carbocycles. The van der Waals surface area contributed by atoms with Crippen LogP contribution in [-0.2, 0) is 6.54 Å². The molecular formula is C17H18FN3O. The lowest BCUT2D eigenvalue weighted by atomic mass is 10.1. The Morgan fingerprint density at radius 3 is 2.82 bits per heavy atom. The van der Waals surface area contributed by atoms with Gasteiger partial charge in [-0.05, 0) is 42.3 Å². The highest BCUT2D eigenvalue weighted by molar-refractivity contribution is 5.42. The number of imidazole rings is 1. The van der Waals surface area contributed by atoms with E-state index < -0.39 is 6.10 Å². The zero-order chi connectivity index (χ0) is 15.5. The Labute approximate surface area is 128 Å². The molecule has 22 heavy (non-hydrogen) atoms. The molecule has 114 valence electrons. The summed E-state index contributed by atoms with van der Waals surface area (Å²) in [6.45, 7) is 3.03. The summed E-state index contributed by atoms with van der Waals surface area (Å²) in [6.07, 6.45) is 3.15. The Kier molecular flexibility index (Phi) is 4.18. The summed E-state index contributed by atoms with van der Waals surface area (Å²) in [7, 11) is 0. The van der Waals surface area contributed by atoms with Crippen molar-refractivity contribution in [2.24, 2.45) is 0 Å². The van der Waals surface area contributed by atoms with Crippen molar-refractivity contribution >= 4 is 5.65 Å². The van der Waals surface area contributed by atoms with E-state index in [1.165, 1.54) is 17.7 Å². The van der Waals surface area contributed by atoms with Gasteiger partial charge in [-0.3, -0.25) is 0 Å². The third kappa shape index (κ3) is 3.16. The minimum atomic E-state index is -0.665. The van der Waals surface area contributed by atoms with Crippen LogP contribution in [0.5, 0.6) is 0 Å². The molecule has 0 fully saturated rings. The Hall–Kier alpha value is -2.24. The van der Waals surface area contributed by atoms with E-state index >= 15 is 0 Å². The molecule has 1 unspecified atom stereocenters. The van der Waals surface area contributed by atoms with Crippen LogP contribution in [-0.4, -0.2) is 21.0 Å². The van der Waals surface area contributed by atoms with Gasteiger partial charge in [-0.25, -0.2) is 9.37 Å². The van der Waals surface area contributed by atoms with E-state index in [4.69, 9.17) is 0 Å². The van der Waals surface area contributed by atoms with Crippen molar-refractivity contribution in [3.63, 3.8) is 0 Å². The Bertz CT molecular complexity index is 767. The first kappa shape index (κ1) is 14.7. The Morgan fingerprint density at radius 1 is 1.27 bits per heavy atom. The van der Waals surface area contributed by atoms with E-state index in [0.717, 1.165) is 11.3 Å². The van der Waals surface area contributed by atoms with Crippen LogP contribution in [0.4, 0.5) is 4.39 Å². The number of nitrogens with zero attached hydrogens (tertiary/aromatic N) is 2. The van der Waals surface area contributed by atoms with E-state index in [1.807, 2.05) is 35.9 Å². The van der Waals surface area contributed by atoms with E-state index in [9.17, 15) is 9.50 Å². The molecule has 0 saturated carbocycles. The molecule has 5 heteroatoms. The van der Waals surface area contributed by atoms with Gasteiger partial charge in [0.25, 0.3) is 0 Å². The summed E-state index contributed by atoms with van der Waals surface area (Å²) >= 11 is 0. The minimum Gasteiger partial charge on any atom is -0.387 e. The molecule has 0 aliphatic rings. The maximum Gasteiger partial charge on any atom is 0.137 e. The van der Waals surface area contributed by atoms with Crippen molar-refractivity contribution in [3.8, 4) is 0 Å². The third-order valence-electron chi connectivity index (χ3n) is 3.64. The number of aliphatic hydroxyl groups is 1. The summed E-state index contributed by atoms with van der Waals surface area (Å²) in [6, 6.07) is 9.95. The smallest absolute Gasteiger partial charge is 0.137 e. The molecule has 2 heterocycles. The maximum atomic E-state index is 12.9. The van der Waals surface area contributed by atoms with Crippen LogP contribution >= 0.6 is 0 Å². The van der Waals surface area contributed by atoms with E-state index in [-0.39, 0.29) is 5.82 Å². The topological polar surface area (TPSA) is 49.6 Å². The second-order valence-corrected chi connectivity index (χ2v) is 5.38. The SMILES string of the molecule is Cc1ccn2c(CNCC(O)c3ccc(F)cc3)cnc2c1. The van der Waals surface area contributed by atoms with Crippen molar-refractivity contribution in [1.82, 2.24) is 14.7 Å². The number of aromatic nitrogens is 2. The largest absolute Gasteiger partial charge is 0.387 e. The standard InChI is InChI=1S/C17H18FN3O/c1-12-6-7-21-15(10-20-17(21)8-12)9-19-11-16(22)13-2-4-14(18)5-3-13/h2-8,10,16,19,22H,9,11H2,1H3. The summed E-state index contributed by atoms with van der Waals surface area (Å²) in [4.78, 5) is 4.36. The number of pyridine rings is 1. The van der Waals surface area contributed by atoms with Crippen LogP contribution in [0.15, 0.2) is 48.8 Å². The fraction of sp³-hybridized carbons (Fsp3) is 0.235. The highest BCUT2D eigenvalue weighted by Crippen LogP contribution is 2.13. The average Bonchev–Trinajstić information content (AvgIpc) is 2.90. The van der Waals surface area contributed by atoms with Gasteiger partial charge in [0.2, 0.25) is 0 Å². The van der Waals surface area contributed by atoms with Crippen LogP contribution in [0.1, 0.15) is 22.9 Å². The molecule has 3 aromatic rings. The molecule has 1 aromatic carbocycles. The van der Waals surface area contributed by atoms with Crippen LogP contribution in [0.25, 0.3) is 5.65 Å². The zero-order valence-corrected chi connectivity index (χ0v) is 12.3. The normalized spacial score (nSPS) is 12.7. The molecule has 4 nitrogen and oxygen atoms in total. The number of rotatable bonds is 5. The molecule has 0 saturated heterocycles.